The lowest BCUT2D eigenvalue weighted by Crippen LogP contribution is -2.30. The molecule has 1 aromatic carbocycles. The molecular formula is C19H30N2O2. The fourth-order valence-corrected chi connectivity index (χ4v) is 3.01. The number of carbonyl (C=O) groups excluding carboxylic acids is 1. The van der Waals surface area contributed by atoms with Crippen LogP contribution in [0.5, 0.6) is 5.75 Å². The summed E-state index contributed by atoms with van der Waals surface area (Å²) in [4.78, 5) is 12.1. The van der Waals surface area contributed by atoms with E-state index in [0.29, 0.717) is 12.3 Å². The van der Waals surface area contributed by atoms with E-state index in [-0.39, 0.29) is 18.1 Å². The van der Waals surface area contributed by atoms with E-state index in [1.54, 1.807) is 0 Å². The third kappa shape index (κ3) is 6.22. The van der Waals surface area contributed by atoms with Crippen molar-refractivity contribution < 1.29 is 9.53 Å². The highest BCUT2D eigenvalue weighted by atomic mass is 16.5. The Morgan fingerprint density at radius 3 is 2.48 bits per heavy atom. The van der Waals surface area contributed by atoms with E-state index in [1.165, 1.54) is 12.8 Å². The van der Waals surface area contributed by atoms with Gasteiger partial charge in [-0.3, -0.25) is 4.79 Å². The molecule has 128 valence electrons. The van der Waals surface area contributed by atoms with Crippen LogP contribution < -0.4 is 15.4 Å². The van der Waals surface area contributed by atoms with Gasteiger partial charge in [0.15, 0.2) is 0 Å². The zero-order chi connectivity index (χ0) is 16.7. The first-order valence-electron chi connectivity index (χ1n) is 8.81. The van der Waals surface area contributed by atoms with E-state index in [2.05, 4.69) is 10.6 Å². The Labute approximate surface area is 140 Å². The molecule has 1 aromatic rings. The molecule has 1 heterocycles. The Kier molecular flexibility index (Phi) is 6.90. The number of piperidine rings is 1. The van der Waals surface area contributed by atoms with Crippen molar-refractivity contribution in [2.24, 2.45) is 5.92 Å². The molecule has 2 N–H and O–H groups in total. The van der Waals surface area contributed by atoms with Crippen LogP contribution in [0, 0.1) is 5.92 Å². The van der Waals surface area contributed by atoms with Gasteiger partial charge in [0.05, 0.1) is 12.1 Å². The molecule has 1 aliphatic heterocycles. The summed E-state index contributed by atoms with van der Waals surface area (Å²) in [7, 11) is 0. The van der Waals surface area contributed by atoms with Gasteiger partial charge in [-0.2, -0.15) is 0 Å². The predicted octanol–water partition coefficient (Wildman–Crippen LogP) is 3.43. The van der Waals surface area contributed by atoms with E-state index in [0.717, 1.165) is 30.8 Å². The number of hydrogen-bond donors (Lipinski definition) is 2. The van der Waals surface area contributed by atoms with E-state index < -0.39 is 0 Å². The zero-order valence-corrected chi connectivity index (χ0v) is 14.6. The highest BCUT2D eigenvalue weighted by Gasteiger charge is 2.15. The van der Waals surface area contributed by atoms with Crippen LogP contribution in [0.1, 0.15) is 58.1 Å². The van der Waals surface area contributed by atoms with Gasteiger partial charge in [0.1, 0.15) is 5.75 Å². The normalized spacial score (nSPS) is 17.0. The van der Waals surface area contributed by atoms with Gasteiger partial charge in [-0.15, -0.1) is 0 Å². The van der Waals surface area contributed by atoms with Crippen molar-refractivity contribution in [2.45, 2.75) is 58.6 Å². The molecule has 4 nitrogen and oxygen atoms in total. The smallest absolute Gasteiger partial charge is 0.220 e. The van der Waals surface area contributed by atoms with Crippen molar-refractivity contribution >= 4 is 5.91 Å². The molecule has 1 fully saturated rings. The minimum atomic E-state index is 0.0311. The Balaban J connectivity index is 1.76. The second-order valence-corrected chi connectivity index (χ2v) is 6.76. The van der Waals surface area contributed by atoms with Crippen LogP contribution in [0.15, 0.2) is 24.3 Å². The zero-order valence-electron chi connectivity index (χ0n) is 14.6. The number of ether oxygens (including phenoxy) is 1. The molecule has 1 aliphatic rings. The highest BCUT2D eigenvalue weighted by molar-refractivity contribution is 5.76. The average Bonchev–Trinajstić information content (AvgIpc) is 2.54. The van der Waals surface area contributed by atoms with Crippen LogP contribution in [-0.4, -0.2) is 25.1 Å². The van der Waals surface area contributed by atoms with Gasteiger partial charge in [0.25, 0.3) is 0 Å². The summed E-state index contributed by atoms with van der Waals surface area (Å²) in [5, 5.41) is 6.46. The maximum atomic E-state index is 12.1. The van der Waals surface area contributed by atoms with Crippen molar-refractivity contribution in [1.82, 2.24) is 10.6 Å². The summed E-state index contributed by atoms with van der Waals surface area (Å²) in [6.07, 6.45) is 4.19. The lowest BCUT2D eigenvalue weighted by atomic mass is 9.93. The largest absolute Gasteiger partial charge is 0.491 e. The molecule has 1 unspecified atom stereocenters. The highest BCUT2D eigenvalue weighted by Crippen LogP contribution is 2.20. The number of hydrogen-bond acceptors (Lipinski definition) is 3. The van der Waals surface area contributed by atoms with Crippen molar-refractivity contribution in [2.75, 3.05) is 13.1 Å². The first-order chi connectivity index (χ1) is 11.0. The van der Waals surface area contributed by atoms with Gasteiger partial charge in [-0.05, 0) is 76.7 Å². The molecular weight excluding hydrogens is 288 g/mol. The van der Waals surface area contributed by atoms with Crippen LogP contribution in [0.25, 0.3) is 0 Å². The van der Waals surface area contributed by atoms with Crippen LogP contribution >= 0.6 is 0 Å². The first-order valence-corrected chi connectivity index (χ1v) is 8.81. The van der Waals surface area contributed by atoms with Crippen molar-refractivity contribution in [1.29, 1.82) is 0 Å². The van der Waals surface area contributed by atoms with Crippen molar-refractivity contribution in [3.05, 3.63) is 29.8 Å². The van der Waals surface area contributed by atoms with E-state index in [9.17, 15) is 4.79 Å². The molecule has 4 heteroatoms. The van der Waals surface area contributed by atoms with Crippen LogP contribution in [0.2, 0.25) is 0 Å². The van der Waals surface area contributed by atoms with E-state index in [4.69, 9.17) is 4.74 Å². The van der Waals surface area contributed by atoms with Gasteiger partial charge in [0, 0.05) is 6.42 Å². The predicted molar refractivity (Wildman–Crippen MR) is 93.6 cm³/mol. The van der Waals surface area contributed by atoms with Gasteiger partial charge in [0.2, 0.25) is 5.91 Å². The lowest BCUT2D eigenvalue weighted by molar-refractivity contribution is -0.122. The fraction of sp³-hybridized carbons (Fsp3) is 0.632. The van der Waals surface area contributed by atoms with Crippen LogP contribution in [0.4, 0.5) is 0 Å². The Morgan fingerprint density at radius 2 is 1.87 bits per heavy atom. The molecule has 0 aromatic heterocycles. The van der Waals surface area contributed by atoms with Crippen LogP contribution in [-0.2, 0) is 4.79 Å². The fourth-order valence-electron chi connectivity index (χ4n) is 3.01. The topological polar surface area (TPSA) is 50.4 Å². The molecule has 23 heavy (non-hydrogen) atoms. The molecule has 2 rings (SSSR count). The van der Waals surface area contributed by atoms with E-state index in [1.807, 2.05) is 45.0 Å². The summed E-state index contributed by atoms with van der Waals surface area (Å²) in [5.74, 6) is 1.72. The summed E-state index contributed by atoms with van der Waals surface area (Å²) in [6, 6.07) is 8.01. The standard InChI is InChI=1S/C19H30N2O2/c1-14(2)23-18-7-5-17(6-8-18)15(3)21-19(22)9-4-16-10-12-20-13-11-16/h5-8,14-16,20H,4,9-13H2,1-3H3,(H,21,22). The average molecular weight is 318 g/mol. The van der Waals surface area contributed by atoms with Gasteiger partial charge in [-0.25, -0.2) is 0 Å². The number of nitrogens with one attached hydrogen (secondary N) is 2. The lowest BCUT2D eigenvalue weighted by Gasteiger charge is -2.22. The molecule has 0 saturated carbocycles. The maximum Gasteiger partial charge on any atom is 0.220 e. The van der Waals surface area contributed by atoms with Crippen LogP contribution in [0.3, 0.4) is 0 Å². The van der Waals surface area contributed by atoms with Crippen molar-refractivity contribution in [3.8, 4) is 5.75 Å². The molecule has 0 spiro atoms. The maximum absolute atomic E-state index is 12.1. The molecule has 1 amide bonds. The minimum absolute atomic E-state index is 0.0311. The Morgan fingerprint density at radius 1 is 1.22 bits per heavy atom. The molecule has 0 radical (unpaired) electrons. The number of rotatable bonds is 7. The van der Waals surface area contributed by atoms with E-state index >= 15 is 0 Å². The SMILES string of the molecule is CC(C)Oc1ccc(C(C)NC(=O)CCC2CCNCC2)cc1. The molecule has 1 atom stereocenters. The Bertz CT molecular complexity index is 479. The number of amides is 1. The third-order valence-electron chi connectivity index (χ3n) is 4.37. The quantitative estimate of drug-likeness (QED) is 0.810. The second kappa shape index (κ2) is 8.92. The van der Waals surface area contributed by atoms with Gasteiger partial charge >= 0.3 is 0 Å². The van der Waals surface area contributed by atoms with Gasteiger partial charge < -0.3 is 15.4 Å². The third-order valence-corrected chi connectivity index (χ3v) is 4.37. The minimum Gasteiger partial charge on any atom is -0.491 e. The summed E-state index contributed by atoms with van der Waals surface area (Å²) in [6.45, 7) is 8.24. The summed E-state index contributed by atoms with van der Waals surface area (Å²) in [5.41, 5.74) is 1.11. The second-order valence-electron chi connectivity index (χ2n) is 6.76. The first kappa shape index (κ1) is 17.8. The number of benzene rings is 1. The molecule has 0 bridgehead atoms. The summed E-state index contributed by atoms with van der Waals surface area (Å²) < 4.78 is 5.64. The summed E-state index contributed by atoms with van der Waals surface area (Å²) >= 11 is 0. The van der Waals surface area contributed by atoms with Crippen molar-refractivity contribution in [3.63, 3.8) is 0 Å². The Hall–Kier alpha value is -1.55. The van der Waals surface area contributed by atoms with Gasteiger partial charge in [-0.1, -0.05) is 12.1 Å². The molecule has 1 saturated heterocycles. The molecule has 0 aliphatic carbocycles. The number of carbonyl (C=O) groups is 1. The monoisotopic (exact) mass is 318 g/mol.